The van der Waals surface area contributed by atoms with Crippen LogP contribution in [0.25, 0.3) is 0 Å². The third-order valence-electron chi connectivity index (χ3n) is 1.59. The van der Waals surface area contributed by atoms with Crippen molar-refractivity contribution in [1.29, 1.82) is 0 Å². The maximum atomic E-state index is 10.9. The molecule has 1 saturated carbocycles. The Morgan fingerprint density at radius 1 is 1.90 bits per heavy atom. The molecule has 0 bridgehead atoms. The van der Waals surface area contributed by atoms with Crippen molar-refractivity contribution in [1.82, 2.24) is 0 Å². The monoisotopic (exact) mass is 138 g/mol. The van der Waals surface area contributed by atoms with Gasteiger partial charge in [0, 0.05) is 5.92 Å². The van der Waals surface area contributed by atoms with Gasteiger partial charge in [0.1, 0.15) is 0 Å². The van der Waals surface area contributed by atoms with Gasteiger partial charge in [0.15, 0.2) is 0 Å². The van der Waals surface area contributed by atoms with Gasteiger partial charge in [-0.15, -0.1) is 12.3 Å². The van der Waals surface area contributed by atoms with Gasteiger partial charge in [0.05, 0.1) is 12.5 Å². The predicted molar refractivity (Wildman–Crippen MR) is 37.1 cm³/mol. The molecule has 0 aliphatic heterocycles. The summed E-state index contributed by atoms with van der Waals surface area (Å²) in [5.74, 6) is 2.55. The molecule has 0 saturated heterocycles. The molecule has 0 radical (unpaired) electrons. The topological polar surface area (TPSA) is 26.3 Å². The first-order valence-electron chi connectivity index (χ1n) is 3.42. The second kappa shape index (κ2) is 2.74. The Balaban J connectivity index is 2.27. The number of ether oxygens (including phenoxy) is 1. The van der Waals surface area contributed by atoms with Crippen molar-refractivity contribution in [2.45, 2.75) is 13.3 Å². The third kappa shape index (κ3) is 1.30. The van der Waals surface area contributed by atoms with Crippen molar-refractivity contribution >= 4 is 5.97 Å². The molecule has 1 aliphatic carbocycles. The van der Waals surface area contributed by atoms with Crippen LogP contribution in [-0.2, 0) is 9.53 Å². The highest BCUT2D eigenvalue weighted by atomic mass is 16.5. The summed E-state index contributed by atoms with van der Waals surface area (Å²) in [4.78, 5) is 10.9. The van der Waals surface area contributed by atoms with E-state index >= 15 is 0 Å². The molecule has 2 heteroatoms. The lowest BCUT2D eigenvalue weighted by atomic mass is 10.3. The molecular formula is C8H10O2. The Hall–Kier alpha value is -0.970. The van der Waals surface area contributed by atoms with Crippen LogP contribution in [0.2, 0.25) is 0 Å². The number of carbonyl (C=O) groups excluding carboxylic acids is 1. The molecule has 1 rings (SSSR count). The number of hydrogen-bond acceptors (Lipinski definition) is 2. The lowest BCUT2D eigenvalue weighted by Gasteiger charge is -1.96. The number of carbonyl (C=O) groups is 1. The van der Waals surface area contributed by atoms with E-state index in [-0.39, 0.29) is 17.8 Å². The fraction of sp³-hybridized carbons (Fsp3) is 0.625. The lowest BCUT2D eigenvalue weighted by molar-refractivity contribution is -0.144. The van der Waals surface area contributed by atoms with E-state index in [9.17, 15) is 4.79 Å². The minimum Gasteiger partial charge on any atom is -0.466 e. The molecule has 0 aromatic rings. The predicted octanol–water partition coefficient (Wildman–Crippen LogP) is 0.819. The van der Waals surface area contributed by atoms with Gasteiger partial charge in [-0.1, -0.05) is 0 Å². The van der Waals surface area contributed by atoms with Gasteiger partial charge in [0.25, 0.3) is 0 Å². The summed E-state index contributed by atoms with van der Waals surface area (Å²) in [7, 11) is 0. The minimum absolute atomic E-state index is 0.00458. The fourth-order valence-corrected chi connectivity index (χ4v) is 0.889. The normalized spacial score (nSPS) is 28.8. The average Bonchev–Trinajstić information content (AvgIpc) is 2.66. The maximum absolute atomic E-state index is 10.9. The van der Waals surface area contributed by atoms with Crippen LogP contribution in [0.5, 0.6) is 0 Å². The van der Waals surface area contributed by atoms with Crippen molar-refractivity contribution in [2.75, 3.05) is 6.61 Å². The quantitative estimate of drug-likeness (QED) is 0.417. The van der Waals surface area contributed by atoms with Crippen LogP contribution in [0.4, 0.5) is 0 Å². The molecule has 0 N–H and O–H groups in total. The Morgan fingerprint density at radius 3 is 3.00 bits per heavy atom. The molecule has 54 valence electrons. The minimum atomic E-state index is -0.134. The van der Waals surface area contributed by atoms with E-state index in [0.29, 0.717) is 6.61 Å². The molecule has 1 aliphatic rings. The molecule has 0 aromatic carbocycles. The lowest BCUT2D eigenvalue weighted by Crippen LogP contribution is -2.06. The first-order valence-corrected chi connectivity index (χ1v) is 3.42. The summed E-state index contributed by atoms with van der Waals surface area (Å²) in [5.41, 5.74) is 0. The summed E-state index contributed by atoms with van der Waals surface area (Å²) in [5, 5.41) is 0. The van der Waals surface area contributed by atoms with Crippen molar-refractivity contribution in [3.8, 4) is 12.3 Å². The molecule has 0 heterocycles. The fourth-order valence-electron chi connectivity index (χ4n) is 0.889. The third-order valence-corrected chi connectivity index (χ3v) is 1.59. The Kier molecular flexibility index (Phi) is 1.96. The van der Waals surface area contributed by atoms with E-state index in [4.69, 9.17) is 11.2 Å². The van der Waals surface area contributed by atoms with Crippen molar-refractivity contribution < 1.29 is 9.53 Å². The second-order valence-electron chi connectivity index (χ2n) is 2.37. The van der Waals surface area contributed by atoms with Crippen molar-refractivity contribution in [3.63, 3.8) is 0 Å². The van der Waals surface area contributed by atoms with E-state index in [2.05, 4.69) is 5.92 Å². The van der Waals surface area contributed by atoms with Crippen LogP contribution in [0.1, 0.15) is 13.3 Å². The van der Waals surface area contributed by atoms with Crippen LogP contribution in [0, 0.1) is 24.2 Å². The second-order valence-corrected chi connectivity index (χ2v) is 2.37. The van der Waals surface area contributed by atoms with Crippen LogP contribution < -0.4 is 0 Å². The highest BCUT2D eigenvalue weighted by Gasteiger charge is 2.42. The first-order chi connectivity index (χ1) is 4.79. The highest BCUT2D eigenvalue weighted by molar-refractivity contribution is 5.76. The smallest absolute Gasteiger partial charge is 0.310 e. The molecular weight excluding hydrogens is 128 g/mol. The van der Waals surface area contributed by atoms with Crippen LogP contribution >= 0.6 is 0 Å². The van der Waals surface area contributed by atoms with Gasteiger partial charge in [-0.2, -0.15) is 0 Å². The van der Waals surface area contributed by atoms with Crippen LogP contribution in [0.3, 0.4) is 0 Å². The summed E-state index contributed by atoms with van der Waals surface area (Å²) in [6, 6.07) is 0. The maximum Gasteiger partial charge on any atom is 0.310 e. The Labute approximate surface area is 60.6 Å². The van der Waals surface area contributed by atoms with Crippen LogP contribution in [-0.4, -0.2) is 12.6 Å². The highest BCUT2D eigenvalue weighted by Crippen LogP contribution is 2.38. The number of esters is 1. The zero-order valence-electron chi connectivity index (χ0n) is 5.96. The zero-order valence-corrected chi connectivity index (χ0v) is 5.96. The summed E-state index contributed by atoms with van der Waals surface area (Å²) in [6.07, 6.45) is 5.92. The summed E-state index contributed by atoms with van der Waals surface area (Å²) < 4.78 is 4.76. The van der Waals surface area contributed by atoms with Crippen LogP contribution in [0.15, 0.2) is 0 Å². The van der Waals surface area contributed by atoms with E-state index < -0.39 is 0 Å². The molecule has 0 spiro atoms. The average molecular weight is 138 g/mol. The van der Waals surface area contributed by atoms with Gasteiger partial charge in [0.2, 0.25) is 0 Å². The number of terminal acetylenes is 1. The molecule has 2 atom stereocenters. The number of hydrogen-bond donors (Lipinski definition) is 0. The van der Waals surface area contributed by atoms with E-state index in [1.165, 1.54) is 0 Å². The van der Waals surface area contributed by atoms with Crippen molar-refractivity contribution in [3.05, 3.63) is 0 Å². The van der Waals surface area contributed by atoms with Gasteiger partial charge in [-0.25, -0.2) is 0 Å². The van der Waals surface area contributed by atoms with Gasteiger partial charge in [-0.05, 0) is 13.3 Å². The summed E-state index contributed by atoms with van der Waals surface area (Å²) >= 11 is 0. The Morgan fingerprint density at radius 2 is 2.60 bits per heavy atom. The van der Waals surface area contributed by atoms with E-state index in [1.54, 1.807) is 6.92 Å². The first kappa shape index (κ1) is 7.14. The van der Waals surface area contributed by atoms with Gasteiger partial charge >= 0.3 is 5.97 Å². The van der Waals surface area contributed by atoms with Crippen molar-refractivity contribution in [2.24, 2.45) is 11.8 Å². The van der Waals surface area contributed by atoms with E-state index in [0.717, 1.165) is 6.42 Å². The molecule has 1 fully saturated rings. The standard InChI is InChI=1S/C8H10O2/c1-3-6-5-7(6)8(9)10-4-2/h1,6-7H,4-5H2,2H3/t6-,7-/m0/s1. The van der Waals surface area contributed by atoms with E-state index in [1.807, 2.05) is 0 Å². The zero-order chi connectivity index (χ0) is 7.56. The summed E-state index contributed by atoms with van der Waals surface area (Å²) in [6.45, 7) is 2.25. The van der Waals surface area contributed by atoms with Gasteiger partial charge in [-0.3, -0.25) is 4.79 Å². The molecule has 2 nitrogen and oxygen atoms in total. The molecule has 0 unspecified atom stereocenters. The molecule has 10 heavy (non-hydrogen) atoms. The SMILES string of the molecule is C#C[C@H]1C[C@@H]1C(=O)OCC. The molecule has 0 amide bonds. The number of rotatable bonds is 2. The molecule has 0 aromatic heterocycles. The Bertz CT molecular complexity index is 178. The van der Waals surface area contributed by atoms with Gasteiger partial charge < -0.3 is 4.74 Å². The largest absolute Gasteiger partial charge is 0.466 e.